The first kappa shape index (κ1) is 70.8. The van der Waals surface area contributed by atoms with Crippen LogP contribution in [0.2, 0.25) is 0 Å². The van der Waals surface area contributed by atoms with E-state index < -0.39 is 172 Å². The van der Waals surface area contributed by atoms with Crippen LogP contribution in [-0.4, -0.2) is 231 Å². The molecule has 5 heterocycles. The summed E-state index contributed by atoms with van der Waals surface area (Å²) in [5.41, 5.74) is 1.27. The van der Waals surface area contributed by atoms with E-state index in [-0.39, 0.29) is 11.4 Å². The van der Waals surface area contributed by atoms with Crippen LogP contribution in [-0.2, 0) is 68.3 Å². The van der Waals surface area contributed by atoms with Gasteiger partial charge in [-0.1, -0.05) is 72.6 Å². The van der Waals surface area contributed by atoms with Gasteiger partial charge in [-0.05, 0) is 87.5 Å². The molecule has 12 N–H and O–H groups in total. The molecule has 86 heavy (non-hydrogen) atoms. The summed E-state index contributed by atoms with van der Waals surface area (Å²) < 4.78 is 58.4. The zero-order valence-electron chi connectivity index (χ0n) is 51.0. The normalized spacial score (nSPS) is 36.2. The number of carbonyl (C=O) groups excluding carboxylic acids is 4. The van der Waals surface area contributed by atoms with Gasteiger partial charge < -0.3 is 109 Å². The molecule has 5 aliphatic heterocycles. The number of rotatable bonds is 28. The SMILES string of the molecule is CO[C@@H]1C(C(=O)NCC(=O)Oc2cc(C)c3c(c2)CCC(C)(CCCC(C)CCCC(C)CCCC(C)C)O3)O[C@@H](O[C@@H]2C(NC(C)=O)[C@H](O[C@@H]3C(C(=O)O)O[C@@H](O[C@@H]4C(NC(C)=O)[C@H](C)OC(CO)[C@H]4O)C(O)[C@H]3O)OC(CO)[C@H]2O)C(O)[C@H]1O. The Hall–Kier alpha value is -4.27. The third-order valence-electron chi connectivity index (χ3n) is 17.0. The highest BCUT2D eigenvalue weighted by molar-refractivity contribution is 5.86. The number of hydrogen-bond donors (Lipinski definition) is 12. The summed E-state index contributed by atoms with van der Waals surface area (Å²) in [5, 5.41) is 106. The number of aryl methyl sites for hydroxylation is 2. The van der Waals surface area contributed by atoms with E-state index in [1.165, 1.54) is 45.4 Å². The predicted molar refractivity (Wildman–Crippen MR) is 301 cm³/mol. The Labute approximate surface area is 501 Å². The van der Waals surface area contributed by atoms with Crippen molar-refractivity contribution in [1.29, 1.82) is 0 Å². The van der Waals surface area contributed by atoms with Crippen molar-refractivity contribution in [3.63, 3.8) is 0 Å². The Morgan fingerprint density at radius 2 is 1.19 bits per heavy atom. The van der Waals surface area contributed by atoms with Crippen LogP contribution in [0.1, 0.15) is 131 Å². The topological polar surface area (TPSA) is 396 Å². The minimum absolute atomic E-state index is 0.216. The molecule has 11 unspecified atom stereocenters. The van der Waals surface area contributed by atoms with Gasteiger partial charge >= 0.3 is 11.9 Å². The van der Waals surface area contributed by atoms with Gasteiger partial charge in [0.05, 0.1) is 25.4 Å². The third-order valence-corrected chi connectivity index (χ3v) is 17.0. The summed E-state index contributed by atoms with van der Waals surface area (Å²) in [6, 6.07) is 0.450. The number of aliphatic hydroxyl groups is 8. The van der Waals surface area contributed by atoms with Crippen LogP contribution in [0.5, 0.6) is 11.5 Å². The van der Waals surface area contributed by atoms with Crippen molar-refractivity contribution < 1.29 is 117 Å². The second kappa shape index (κ2) is 32.0. The van der Waals surface area contributed by atoms with Gasteiger partial charge in [-0.25, -0.2) is 9.59 Å². The number of methoxy groups -OCH3 is 1. The molecule has 23 atom stereocenters. The molecule has 0 spiro atoms. The smallest absolute Gasteiger partial charge is 0.335 e. The van der Waals surface area contributed by atoms with E-state index in [9.17, 15) is 69.9 Å². The lowest BCUT2D eigenvalue weighted by molar-refractivity contribution is -0.366. The van der Waals surface area contributed by atoms with E-state index in [2.05, 4.69) is 50.6 Å². The standard InChI is InChI=1S/C59H95N3O24/c1-27(2)14-11-15-28(3)16-12-17-29(4)18-13-20-59(9)21-19-34-23-35(22-30(5)47(34)86-59)79-38(67)24-60-54(74)52-50(77-10)43(70)45(72)57(84-52)82-49-40(62-33(8)66)56(80-37(26-64)42(49)69)83-51-44(71)46(73)58(85-53(51)55(75)76)81-48-39(61-32(7)65)31(6)78-36(25-63)41(48)68/h22-23,27-29,31,36-37,39-46,48-53,56-58,63-64,68-73H,11-21,24-26H2,1-10H3,(H,60,74)(H,61,65)(H,62,66)(H,75,76)/t28?,29?,31-,36?,37?,39?,40?,41+,42+,43+,44+,45?,46?,48+,49+,50-,51-,52?,53?,56-,57+,58+,59?/m0/s1. The lowest BCUT2D eigenvalue weighted by Crippen LogP contribution is -2.70. The first-order chi connectivity index (χ1) is 40.6. The number of carboxylic acids is 1. The minimum atomic E-state index is -2.26. The van der Waals surface area contributed by atoms with Crippen molar-refractivity contribution in [2.24, 2.45) is 17.8 Å². The third kappa shape index (κ3) is 18.2. The predicted octanol–water partition coefficient (Wildman–Crippen LogP) is -0.0840. The van der Waals surface area contributed by atoms with Crippen LogP contribution in [0.25, 0.3) is 0 Å². The molecule has 1 aromatic rings. The van der Waals surface area contributed by atoms with Gasteiger partial charge in [-0.3, -0.25) is 14.4 Å². The lowest BCUT2D eigenvalue weighted by atomic mass is 9.85. The Bertz CT molecular complexity index is 2390. The maximum absolute atomic E-state index is 13.9. The van der Waals surface area contributed by atoms with Crippen molar-refractivity contribution in [2.45, 2.75) is 261 Å². The molecule has 0 aliphatic carbocycles. The maximum atomic E-state index is 13.9. The van der Waals surface area contributed by atoms with Crippen LogP contribution in [0.3, 0.4) is 0 Å². The van der Waals surface area contributed by atoms with Gasteiger partial charge in [0.25, 0.3) is 5.91 Å². The van der Waals surface area contributed by atoms with Gasteiger partial charge in [-0.15, -0.1) is 0 Å². The quantitative estimate of drug-likeness (QED) is 0.0385. The van der Waals surface area contributed by atoms with Crippen molar-refractivity contribution in [2.75, 3.05) is 26.9 Å². The van der Waals surface area contributed by atoms with Crippen LogP contribution < -0.4 is 25.4 Å². The number of amides is 3. The highest BCUT2D eigenvalue weighted by Gasteiger charge is 2.58. The number of aliphatic carboxylic acids is 1. The second-order valence-corrected chi connectivity index (χ2v) is 24.7. The summed E-state index contributed by atoms with van der Waals surface area (Å²) in [5.74, 6) is -2.10. The van der Waals surface area contributed by atoms with E-state index in [1.54, 1.807) is 12.1 Å². The first-order valence-corrected chi connectivity index (χ1v) is 30.1. The van der Waals surface area contributed by atoms with E-state index in [0.717, 1.165) is 75.4 Å². The van der Waals surface area contributed by atoms with Crippen molar-refractivity contribution >= 4 is 29.7 Å². The van der Waals surface area contributed by atoms with E-state index in [1.807, 2.05) is 6.92 Å². The molecule has 5 aliphatic rings. The van der Waals surface area contributed by atoms with E-state index in [4.69, 9.17) is 47.4 Å². The number of aliphatic hydroxyl groups excluding tert-OH is 8. The van der Waals surface area contributed by atoms with E-state index >= 15 is 0 Å². The number of esters is 1. The zero-order valence-corrected chi connectivity index (χ0v) is 51.0. The fourth-order valence-electron chi connectivity index (χ4n) is 12.1. The molecule has 4 saturated heterocycles. The Balaban J connectivity index is 1.08. The summed E-state index contributed by atoms with van der Waals surface area (Å²) in [6.07, 6.45) is -21.4. The number of carboxylic acid groups (broad SMARTS) is 1. The lowest BCUT2D eigenvalue weighted by Gasteiger charge is -2.50. The number of carbonyl (C=O) groups is 5. The van der Waals surface area contributed by atoms with Crippen LogP contribution in [0.15, 0.2) is 12.1 Å². The number of nitrogens with one attached hydrogen (secondary N) is 3. The van der Waals surface area contributed by atoms with Crippen LogP contribution >= 0.6 is 0 Å². The molecule has 0 radical (unpaired) electrons. The fraction of sp³-hybridized carbons (Fsp3) is 0.814. The molecule has 27 heteroatoms. The summed E-state index contributed by atoms with van der Waals surface area (Å²) in [7, 11) is 1.11. The summed E-state index contributed by atoms with van der Waals surface area (Å²) in [4.78, 5) is 65.0. The van der Waals surface area contributed by atoms with Crippen LogP contribution in [0, 0.1) is 24.7 Å². The monoisotopic (exact) mass is 1230 g/mol. The molecule has 0 aromatic heterocycles. The summed E-state index contributed by atoms with van der Waals surface area (Å²) in [6.45, 7) is 14.5. The number of benzene rings is 1. The Morgan fingerprint density at radius 3 is 1.74 bits per heavy atom. The molecule has 490 valence electrons. The van der Waals surface area contributed by atoms with Crippen molar-refractivity contribution in [1.82, 2.24) is 16.0 Å². The highest BCUT2D eigenvalue weighted by atomic mass is 16.8. The van der Waals surface area contributed by atoms with Crippen molar-refractivity contribution in [3.8, 4) is 11.5 Å². The van der Waals surface area contributed by atoms with E-state index in [0.29, 0.717) is 12.3 Å². The number of hydrogen-bond acceptors (Lipinski definition) is 23. The molecule has 0 saturated carbocycles. The molecule has 27 nitrogen and oxygen atoms in total. The van der Waals surface area contributed by atoms with Gasteiger partial charge in [0.1, 0.15) is 103 Å². The maximum Gasteiger partial charge on any atom is 0.335 e. The van der Waals surface area contributed by atoms with Crippen molar-refractivity contribution in [3.05, 3.63) is 23.3 Å². The second-order valence-electron chi connectivity index (χ2n) is 24.7. The highest BCUT2D eigenvalue weighted by Crippen LogP contribution is 2.41. The molecular weight excluding hydrogens is 1130 g/mol. The fourth-order valence-corrected chi connectivity index (χ4v) is 12.1. The number of fused-ring (bicyclic) bond motifs is 1. The molecular formula is C59H95N3O24. The minimum Gasteiger partial charge on any atom is -0.487 e. The molecule has 1 aromatic carbocycles. The van der Waals surface area contributed by atoms with Gasteiger partial charge in [0.2, 0.25) is 11.8 Å². The number of ether oxygens (including phenoxy) is 10. The zero-order chi connectivity index (χ0) is 63.5. The van der Waals surface area contributed by atoms with Gasteiger partial charge in [0.15, 0.2) is 31.1 Å². The Kier molecular flexibility index (Phi) is 26.3. The largest absolute Gasteiger partial charge is 0.487 e. The average Bonchev–Trinajstić information content (AvgIpc) is 0.964. The average molecular weight is 1230 g/mol. The van der Waals surface area contributed by atoms with Crippen LogP contribution in [0.4, 0.5) is 0 Å². The first-order valence-electron chi connectivity index (χ1n) is 30.1. The molecule has 3 amide bonds. The molecule has 0 bridgehead atoms. The molecule has 6 rings (SSSR count). The Morgan fingerprint density at radius 1 is 0.663 bits per heavy atom. The van der Waals surface area contributed by atoms with Gasteiger partial charge in [0, 0.05) is 21.0 Å². The van der Waals surface area contributed by atoms with Gasteiger partial charge in [-0.2, -0.15) is 0 Å². The molecule has 4 fully saturated rings. The summed E-state index contributed by atoms with van der Waals surface area (Å²) >= 11 is 0.